The van der Waals surface area contributed by atoms with E-state index in [9.17, 15) is 0 Å². The summed E-state index contributed by atoms with van der Waals surface area (Å²) in [7, 11) is 0. The number of hydrogen-bond acceptors (Lipinski definition) is 3. The van der Waals surface area contributed by atoms with Gasteiger partial charge in [0.2, 0.25) is 0 Å². The van der Waals surface area contributed by atoms with Gasteiger partial charge in [0.15, 0.2) is 0 Å². The standard InChI is InChI=1S/C14H27NO2/c1-12-14(7-11-17-12)15-8-3-2-4-13-5-9-16-10-6-13/h12-15H,2-11H2,1H3. The zero-order chi connectivity index (χ0) is 11.9. The third-order valence-electron chi connectivity index (χ3n) is 4.16. The van der Waals surface area contributed by atoms with E-state index in [1.807, 2.05) is 0 Å². The molecule has 2 unspecified atom stereocenters. The van der Waals surface area contributed by atoms with E-state index in [2.05, 4.69) is 12.2 Å². The lowest BCUT2D eigenvalue weighted by Crippen LogP contribution is -2.35. The van der Waals surface area contributed by atoms with E-state index < -0.39 is 0 Å². The van der Waals surface area contributed by atoms with E-state index in [1.165, 1.54) is 38.5 Å². The minimum atomic E-state index is 0.408. The highest BCUT2D eigenvalue weighted by atomic mass is 16.5. The molecular formula is C14H27NO2. The largest absolute Gasteiger partial charge is 0.381 e. The summed E-state index contributed by atoms with van der Waals surface area (Å²) in [6.45, 7) is 6.23. The van der Waals surface area contributed by atoms with E-state index >= 15 is 0 Å². The summed E-state index contributed by atoms with van der Waals surface area (Å²) < 4.78 is 10.9. The molecule has 2 rings (SSSR count). The molecule has 17 heavy (non-hydrogen) atoms. The van der Waals surface area contributed by atoms with Crippen LogP contribution in [0.5, 0.6) is 0 Å². The SMILES string of the molecule is CC1OCCC1NCCCCC1CCOCC1. The zero-order valence-corrected chi connectivity index (χ0v) is 11.1. The molecule has 0 saturated carbocycles. The first-order chi connectivity index (χ1) is 8.36. The Labute approximate surface area is 105 Å². The average Bonchev–Trinajstić information content (AvgIpc) is 2.76. The summed E-state index contributed by atoms with van der Waals surface area (Å²) in [4.78, 5) is 0. The van der Waals surface area contributed by atoms with Gasteiger partial charge in [-0.3, -0.25) is 0 Å². The summed E-state index contributed by atoms with van der Waals surface area (Å²) >= 11 is 0. The second kappa shape index (κ2) is 7.34. The van der Waals surface area contributed by atoms with E-state index in [-0.39, 0.29) is 0 Å². The number of hydrogen-bond donors (Lipinski definition) is 1. The molecule has 0 radical (unpaired) electrons. The third kappa shape index (κ3) is 4.57. The van der Waals surface area contributed by atoms with Crippen molar-refractivity contribution in [2.45, 2.75) is 57.6 Å². The van der Waals surface area contributed by atoms with Gasteiger partial charge in [0, 0.05) is 25.9 Å². The number of ether oxygens (including phenoxy) is 2. The van der Waals surface area contributed by atoms with Crippen LogP contribution in [0.4, 0.5) is 0 Å². The Morgan fingerprint density at radius 3 is 2.59 bits per heavy atom. The predicted molar refractivity (Wildman–Crippen MR) is 69.2 cm³/mol. The monoisotopic (exact) mass is 241 g/mol. The molecular weight excluding hydrogens is 214 g/mol. The topological polar surface area (TPSA) is 30.5 Å². The van der Waals surface area contributed by atoms with Gasteiger partial charge in [0.25, 0.3) is 0 Å². The van der Waals surface area contributed by atoms with Crippen molar-refractivity contribution in [3.63, 3.8) is 0 Å². The average molecular weight is 241 g/mol. The van der Waals surface area contributed by atoms with E-state index in [0.29, 0.717) is 12.1 Å². The van der Waals surface area contributed by atoms with Crippen LogP contribution >= 0.6 is 0 Å². The van der Waals surface area contributed by atoms with Crippen molar-refractivity contribution in [3.05, 3.63) is 0 Å². The molecule has 3 heteroatoms. The smallest absolute Gasteiger partial charge is 0.0700 e. The first-order valence-electron chi connectivity index (χ1n) is 7.29. The first-order valence-corrected chi connectivity index (χ1v) is 7.29. The van der Waals surface area contributed by atoms with Crippen molar-refractivity contribution in [1.82, 2.24) is 5.32 Å². The molecule has 2 aliphatic heterocycles. The Morgan fingerprint density at radius 1 is 1.06 bits per heavy atom. The maximum absolute atomic E-state index is 5.54. The van der Waals surface area contributed by atoms with Crippen LogP contribution in [0.1, 0.15) is 45.4 Å². The molecule has 2 atom stereocenters. The zero-order valence-electron chi connectivity index (χ0n) is 11.1. The highest BCUT2D eigenvalue weighted by molar-refractivity contribution is 4.78. The van der Waals surface area contributed by atoms with Crippen molar-refractivity contribution in [2.24, 2.45) is 5.92 Å². The summed E-state index contributed by atoms with van der Waals surface area (Å²) in [5, 5.41) is 3.62. The van der Waals surface area contributed by atoms with E-state index in [0.717, 1.165) is 32.3 Å². The molecule has 2 aliphatic rings. The highest BCUT2D eigenvalue weighted by Gasteiger charge is 2.22. The van der Waals surface area contributed by atoms with Gasteiger partial charge in [-0.15, -0.1) is 0 Å². The third-order valence-corrected chi connectivity index (χ3v) is 4.16. The predicted octanol–water partition coefficient (Wildman–Crippen LogP) is 2.35. The molecule has 0 aromatic heterocycles. The fourth-order valence-electron chi connectivity index (χ4n) is 2.88. The van der Waals surface area contributed by atoms with E-state index in [1.54, 1.807) is 0 Å². The molecule has 1 N–H and O–H groups in total. The second-order valence-corrected chi connectivity index (χ2v) is 5.48. The Balaban J connectivity index is 1.45. The van der Waals surface area contributed by atoms with Crippen LogP contribution in [-0.2, 0) is 9.47 Å². The van der Waals surface area contributed by atoms with Crippen LogP contribution in [0.15, 0.2) is 0 Å². The van der Waals surface area contributed by atoms with Gasteiger partial charge >= 0.3 is 0 Å². The summed E-state index contributed by atoms with van der Waals surface area (Å²) in [5.74, 6) is 0.928. The Hall–Kier alpha value is -0.120. The van der Waals surface area contributed by atoms with Gasteiger partial charge in [-0.1, -0.05) is 12.8 Å². The molecule has 2 fully saturated rings. The van der Waals surface area contributed by atoms with Crippen molar-refractivity contribution in [2.75, 3.05) is 26.4 Å². The summed E-state index contributed by atoms with van der Waals surface area (Å²) in [5.41, 5.74) is 0. The molecule has 0 spiro atoms. The van der Waals surface area contributed by atoms with Crippen molar-refractivity contribution in [3.8, 4) is 0 Å². The van der Waals surface area contributed by atoms with Crippen LogP contribution in [0.2, 0.25) is 0 Å². The van der Waals surface area contributed by atoms with Gasteiger partial charge in [-0.2, -0.15) is 0 Å². The lowest BCUT2D eigenvalue weighted by Gasteiger charge is -2.22. The normalized spacial score (nSPS) is 30.9. The Morgan fingerprint density at radius 2 is 1.88 bits per heavy atom. The van der Waals surface area contributed by atoms with Crippen LogP contribution in [0, 0.1) is 5.92 Å². The fourth-order valence-corrected chi connectivity index (χ4v) is 2.88. The lowest BCUT2D eigenvalue weighted by molar-refractivity contribution is 0.0631. The Bertz CT molecular complexity index is 204. The van der Waals surface area contributed by atoms with Gasteiger partial charge in [-0.25, -0.2) is 0 Å². The summed E-state index contributed by atoms with van der Waals surface area (Å²) in [6.07, 6.45) is 8.20. The van der Waals surface area contributed by atoms with Crippen LogP contribution in [0.3, 0.4) is 0 Å². The molecule has 2 saturated heterocycles. The first kappa shape index (κ1) is 13.3. The minimum Gasteiger partial charge on any atom is -0.381 e. The molecule has 2 heterocycles. The van der Waals surface area contributed by atoms with Crippen LogP contribution in [-0.4, -0.2) is 38.5 Å². The molecule has 0 aromatic rings. The molecule has 0 aliphatic carbocycles. The fraction of sp³-hybridized carbons (Fsp3) is 1.00. The second-order valence-electron chi connectivity index (χ2n) is 5.48. The van der Waals surface area contributed by atoms with Gasteiger partial charge in [0.05, 0.1) is 6.10 Å². The van der Waals surface area contributed by atoms with Gasteiger partial charge in [-0.05, 0) is 45.1 Å². The van der Waals surface area contributed by atoms with E-state index in [4.69, 9.17) is 9.47 Å². The highest BCUT2D eigenvalue weighted by Crippen LogP contribution is 2.20. The summed E-state index contributed by atoms with van der Waals surface area (Å²) in [6, 6.07) is 0.595. The molecule has 100 valence electrons. The maximum atomic E-state index is 5.54. The van der Waals surface area contributed by atoms with Gasteiger partial charge < -0.3 is 14.8 Å². The minimum absolute atomic E-state index is 0.408. The number of unbranched alkanes of at least 4 members (excludes halogenated alkanes) is 1. The number of nitrogens with one attached hydrogen (secondary N) is 1. The van der Waals surface area contributed by atoms with Crippen molar-refractivity contribution < 1.29 is 9.47 Å². The van der Waals surface area contributed by atoms with Crippen molar-refractivity contribution >= 4 is 0 Å². The number of rotatable bonds is 6. The van der Waals surface area contributed by atoms with Crippen molar-refractivity contribution in [1.29, 1.82) is 0 Å². The molecule has 0 amide bonds. The quantitative estimate of drug-likeness (QED) is 0.724. The maximum Gasteiger partial charge on any atom is 0.0700 e. The lowest BCUT2D eigenvalue weighted by atomic mass is 9.94. The van der Waals surface area contributed by atoms with Crippen LogP contribution in [0.25, 0.3) is 0 Å². The Kier molecular flexibility index (Phi) is 5.75. The molecule has 3 nitrogen and oxygen atoms in total. The van der Waals surface area contributed by atoms with Gasteiger partial charge in [0.1, 0.15) is 0 Å². The van der Waals surface area contributed by atoms with Crippen LogP contribution < -0.4 is 5.32 Å². The molecule has 0 aromatic carbocycles. The molecule has 0 bridgehead atoms.